The van der Waals surface area contributed by atoms with Gasteiger partial charge >= 0.3 is 0 Å². The second-order valence-electron chi connectivity index (χ2n) is 4.43. The number of nitrogens with one attached hydrogen (secondary N) is 1. The highest BCUT2D eigenvalue weighted by Crippen LogP contribution is 2.32. The van der Waals surface area contributed by atoms with Crippen molar-refractivity contribution in [2.24, 2.45) is 5.92 Å². The van der Waals surface area contributed by atoms with Crippen LogP contribution in [0.15, 0.2) is 0 Å². The largest absolute Gasteiger partial charge is 0.393 e. The van der Waals surface area contributed by atoms with Crippen molar-refractivity contribution in [2.45, 2.75) is 57.2 Å². The molecular formula is C10H19NO. The van der Waals surface area contributed by atoms with Crippen LogP contribution in [-0.4, -0.2) is 23.3 Å². The van der Waals surface area contributed by atoms with Crippen LogP contribution in [0.3, 0.4) is 0 Å². The molecule has 0 unspecified atom stereocenters. The third-order valence-corrected chi connectivity index (χ3v) is 3.41. The Balaban J connectivity index is 2.01. The molecule has 2 fully saturated rings. The van der Waals surface area contributed by atoms with E-state index in [4.69, 9.17) is 0 Å². The molecule has 0 aromatic rings. The van der Waals surface area contributed by atoms with E-state index in [-0.39, 0.29) is 6.10 Å². The fourth-order valence-electron chi connectivity index (χ4n) is 2.80. The summed E-state index contributed by atoms with van der Waals surface area (Å²) in [6.45, 7) is 2.17. The molecule has 2 N–H and O–H groups in total. The van der Waals surface area contributed by atoms with Gasteiger partial charge in [-0.05, 0) is 26.2 Å². The van der Waals surface area contributed by atoms with Crippen molar-refractivity contribution in [1.82, 2.24) is 5.32 Å². The van der Waals surface area contributed by atoms with Crippen molar-refractivity contribution in [3.63, 3.8) is 0 Å². The molecule has 0 amide bonds. The summed E-state index contributed by atoms with van der Waals surface area (Å²) in [7, 11) is 0. The minimum Gasteiger partial charge on any atom is -0.393 e. The van der Waals surface area contributed by atoms with Crippen LogP contribution in [0.25, 0.3) is 0 Å². The Bertz CT molecular complexity index is 160. The molecule has 12 heavy (non-hydrogen) atoms. The topological polar surface area (TPSA) is 32.3 Å². The Labute approximate surface area is 74.4 Å². The van der Waals surface area contributed by atoms with E-state index in [1.807, 2.05) is 0 Å². The van der Waals surface area contributed by atoms with E-state index < -0.39 is 0 Å². The molecule has 2 heteroatoms. The van der Waals surface area contributed by atoms with Crippen molar-refractivity contribution in [1.29, 1.82) is 0 Å². The Morgan fingerprint density at radius 2 is 2.00 bits per heavy atom. The predicted molar refractivity (Wildman–Crippen MR) is 49.0 cm³/mol. The maximum atomic E-state index is 9.83. The summed E-state index contributed by atoms with van der Waals surface area (Å²) in [5, 5.41) is 13.4. The lowest BCUT2D eigenvalue weighted by Crippen LogP contribution is -2.53. The van der Waals surface area contributed by atoms with Gasteiger partial charge in [0.2, 0.25) is 0 Å². The fraction of sp³-hybridized carbons (Fsp3) is 1.00. The minimum absolute atomic E-state index is 0.0356. The molecule has 4 atom stereocenters. The molecule has 1 heterocycles. The highest BCUT2D eigenvalue weighted by atomic mass is 16.3. The highest BCUT2D eigenvalue weighted by Gasteiger charge is 2.35. The average molecular weight is 169 g/mol. The fourth-order valence-corrected chi connectivity index (χ4v) is 2.80. The zero-order valence-electron chi connectivity index (χ0n) is 7.79. The van der Waals surface area contributed by atoms with E-state index in [0.29, 0.717) is 18.0 Å². The third kappa shape index (κ3) is 1.50. The molecule has 0 aromatic heterocycles. The molecule has 1 aliphatic carbocycles. The van der Waals surface area contributed by atoms with E-state index in [9.17, 15) is 5.11 Å². The van der Waals surface area contributed by atoms with Crippen LogP contribution in [-0.2, 0) is 0 Å². The van der Waals surface area contributed by atoms with Crippen molar-refractivity contribution < 1.29 is 5.11 Å². The van der Waals surface area contributed by atoms with Crippen LogP contribution in [0.1, 0.15) is 39.0 Å². The molecular weight excluding hydrogens is 150 g/mol. The summed E-state index contributed by atoms with van der Waals surface area (Å²) in [6.07, 6.45) is 6.06. The van der Waals surface area contributed by atoms with Crippen LogP contribution in [0, 0.1) is 5.92 Å². The van der Waals surface area contributed by atoms with Crippen LogP contribution in [0.5, 0.6) is 0 Å². The molecule has 0 aromatic carbocycles. The van der Waals surface area contributed by atoms with Gasteiger partial charge in [-0.25, -0.2) is 0 Å². The lowest BCUT2D eigenvalue weighted by atomic mass is 9.76. The zero-order chi connectivity index (χ0) is 8.55. The third-order valence-electron chi connectivity index (χ3n) is 3.41. The lowest BCUT2D eigenvalue weighted by molar-refractivity contribution is 0.0163. The quantitative estimate of drug-likeness (QED) is 0.572. The molecule has 1 aliphatic heterocycles. The Kier molecular flexibility index (Phi) is 2.37. The predicted octanol–water partition coefficient (Wildman–Crippen LogP) is 1.29. The van der Waals surface area contributed by atoms with Crippen molar-refractivity contribution >= 4 is 0 Å². The van der Waals surface area contributed by atoms with Gasteiger partial charge in [0.15, 0.2) is 0 Å². The number of fused-ring (bicyclic) bond motifs is 1. The standard InChI is InChI=1S/C10H19NO/c1-7-6-10(12)8-4-2-3-5-9(8)11-7/h7-12H,2-6H2,1H3/t7-,8-,9-,10-/m0/s1. The summed E-state index contributed by atoms with van der Waals surface area (Å²) in [5.74, 6) is 0.551. The van der Waals surface area contributed by atoms with E-state index in [0.717, 1.165) is 6.42 Å². The van der Waals surface area contributed by atoms with Gasteiger partial charge in [-0.2, -0.15) is 0 Å². The number of aliphatic hydroxyl groups excluding tert-OH is 1. The van der Waals surface area contributed by atoms with Gasteiger partial charge in [0, 0.05) is 18.0 Å². The van der Waals surface area contributed by atoms with Gasteiger partial charge in [-0.1, -0.05) is 12.8 Å². The van der Waals surface area contributed by atoms with Crippen molar-refractivity contribution in [2.75, 3.05) is 0 Å². The second-order valence-corrected chi connectivity index (χ2v) is 4.43. The monoisotopic (exact) mass is 169 g/mol. The van der Waals surface area contributed by atoms with Crippen LogP contribution in [0.2, 0.25) is 0 Å². The first-order valence-electron chi connectivity index (χ1n) is 5.21. The number of aliphatic hydroxyl groups is 1. The molecule has 0 radical (unpaired) electrons. The summed E-state index contributed by atoms with van der Waals surface area (Å²) in [5.41, 5.74) is 0. The molecule has 0 spiro atoms. The lowest BCUT2D eigenvalue weighted by Gasteiger charge is -2.42. The van der Waals surface area contributed by atoms with E-state index in [1.165, 1.54) is 25.7 Å². The zero-order valence-corrected chi connectivity index (χ0v) is 7.79. The van der Waals surface area contributed by atoms with Gasteiger partial charge in [-0.3, -0.25) is 0 Å². The van der Waals surface area contributed by atoms with Gasteiger partial charge in [0.1, 0.15) is 0 Å². The number of rotatable bonds is 0. The van der Waals surface area contributed by atoms with E-state index in [2.05, 4.69) is 12.2 Å². The van der Waals surface area contributed by atoms with Gasteiger partial charge in [0.25, 0.3) is 0 Å². The van der Waals surface area contributed by atoms with Crippen LogP contribution < -0.4 is 5.32 Å². The summed E-state index contributed by atoms with van der Waals surface area (Å²) >= 11 is 0. The minimum atomic E-state index is -0.0356. The smallest absolute Gasteiger partial charge is 0.0598 e. The summed E-state index contributed by atoms with van der Waals surface area (Å²) < 4.78 is 0. The Morgan fingerprint density at radius 3 is 2.83 bits per heavy atom. The van der Waals surface area contributed by atoms with Gasteiger partial charge < -0.3 is 10.4 Å². The molecule has 2 rings (SSSR count). The molecule has 1 saturated carbocycles. The molecule has 0 bridgehead atoms. The average Bonchev–Trinajstić information content (AvgIpc) is 2.04. The summed E-state index contributed by atoms with van der Waals surface area (Å²) in [4.78, 5) is 0. The Hall–Kier alpha value is -0.0800. The van der Waals surface area contributed by atoms with E-state index in [1.54, 1.807) is 0 Å². The van der Waals surface area contributed by atoms with Crippen LogP contribution in [0.4, 0.5) is 0 Å². The van der Waals surface area contributed by atoms with E-state index >= 15 is 0 Å². The normalized spacial score (nSPS) is 48.5. The molecule has 70 valence electrons. The SMILES string of the molecule is C[C@H]1C[C@H](O)[C@H]2CCCC[C@@H]2N1. The van der Waals surface area contributed by atoms with Crippen molar-refractivity contribution in [3.05, 3.63) is 0 Å². The molecule has 1 saturated heterocycles. The number of hydrogen-bond acceptors (Lipinski definition) is 2. The first-order valence-corrected chi connectivity index (χ1v) is 5.21. The molecule has 2 nitrogen and oxygen atoms in total. The van der Waals surface area contributed by atoms with Crippen molar-refractivity contribution in [3.8, 4) is 0 Å². The maximum Gasteiger partial charge on any atom is 0.0598 e. The molecule has 2 aliphatic rings. The van der Waals surface area contributed by atoms with Crippen LogP contribution >= 0.6 is 0 Å². The second kappa shape index (κ2) is 3.35. The first kappa shape index (κ1) is 8.52. The maximum absolute atomic E-state index is 9.83. The highest BCUT2D eigenvalue weighted by molar-refractivity contribution is 4.92. The number of hydrogen-bond donors (Lipinski definition) is 2. The van der Waals surface area contributed by atoms with Gasteiger partial charge in [0.05, 0.1) is 6.10 Å². The first-order chi connectivity index (χ1) is 5.77. The van der Waals surface area contributed by atoms with Gasteiger partial charge in [-0.15, -0.1) is 0 Å². The Morgan fingerprint density at radius 1 is 1.25 bits per heavy atom. The number of piperidine rings is 1. The summed E-state index contributed by atoms with van der Waals surface area (Å²) in [6, 6.07) is 1.12.